The third-order valence-electron chi connectivity index (χ3n) is 7.64. The monoisotopic (exact) mass is 416 g/mol. The van der Waals surface area contributed by atoms with Gasteiger partial charge in [0, 0.05) is 18.4 Å². The average molecular weight is 417 g/mol. The Hall–Kier alpha value is -1.23. The van der Waals surface area contributed by atoms with E-state index in [1.54, 1.807) is 5.57 Å². The highest BCUT2D eigenvalue weighted by Gasteiger charge is 2.45. The fourth-order valence-corrected chi connectivity index (χ4v) is 5.99. The third-order valence-corrected chi connectivity index (χ3v) is 7.64. The molecule has 0 aliphatic heterocycles. The summed E-state index contributed by atoms with van der Waals surface area (Å²) in [5.74, 6) is 0.759. The Kier molecular flexibility index (Phi) is 7.11. The van der Waals surface area contributed by atoms with Crippen LogP contribution in [0, 0.1) is 17.3 Å². The normalized spacial score (nSPS) is 36.2. The molecule has 0 radical (unpaired) electrons. The second kappa shape index (κ2) is 9.10. The lowest BCUT2D eigenvalue weighted by Crippen LogP contribution is -2.34. The molecule has 30 heavy (non-hydrogen) atoms. The smallest absolute Gasteiger partial charge is 0.187 e. The van der Waals surface area contributed by atoms with E-state index in [0.717, 1.165) is 38.5 Å². The highest BCUT2D eigenvalue weighted by molar-refractivity contribution is 5.99. The molecular weight excluding hydrogens is 376 g/mol. The molecule has 0 spiro atoms. The van der Waals surface area contributed by atoms with Crippen molar-refractivity contribution in [1.82, 2.24) is 0 Å². The molecule has 3 N–H and O–H groups in total. The van der Waals surface area contributed by atoms with E-state index in [1.807, 2.05) is 19.9 Å². The highest BCUT2D eigenvalue weighted by atomic mass is 16.3. The number of Topliss-reactive ketones (excluding diaryl/α,β-unsaturated/α-hetero) is 1. The maximum Gasteiger partial charge on any atom is 0.187 e. The molecule has 0 saturated heterocycles. The van der Waals surface area contributed by atoms with Crippen LogP contribution >= 0.6 is 0 Å². The molecule has 5 atom stereocenters. The lowest BCUT2D eigenvalue weighted by Gasteiger charge is -2.42. The van der Waals surface area contributed by atoms with Crippen LogP contribution in [0.1, 0.15) is 85.5 Å². The van der Waals surface area contributed by atoms with Gasteiger partial charge in [0.05, 0.1) is 11.7 Å². The van der Waals surface area contributed by atoms with E-state index in [4.69, 9.17) is 0 Å². The summed E-state index contributed by atoms with van der Waals surface area (Å²) < 4.78 is 0. The number of hydrogen-bond acceptors (Lipinski definition) is 4. The number of carbonyl (C=O) groups excluding carboxylic acids is 1. The van der Waals surface area contributed by atoms with Crippen molar-refractivity contribution in [2.24, 2.45) is 17.3 Å². The van der Waals surface area contributed by atoms with Crippen molar-refractivity contribution < 1.29 is 20.1 Å². The average Bonchev–Trinajstić information content (AvgIpc) is 3.00. The SMILES string of the molecule is CC(CCCC(C)(C)O)C1=CCC2/C(=C\C=C3/CC(O)CC(O)C3=O)CCCC12C. The summed E-state index contributed by atoms with van der Waals surface area (Å²) in [5.41, 5.74) is 3.09. The van der Waals surface area contributed by atoms with Crippen molar-refractivity contribution in [3.8, 4) is 0 Å². The number of hydrogen-bond donors (Lipinski definition) is 3. The highest BCUT2D eigenvalue weighted by Crippen LogP contribution is 2.57. The van der Waals surface area contributed by atoms with E-state index in [1.165, 1.54) is 12.0 Å². The van der Waals surface area contributed by atoms with Crippen LogP contribution in [0.3, 0.4) is 0 Å². The van der Waals surface area contributed by atoms with Crippen molar-refractivity contribution in [2.45, 2.75) is 103 Å². The van der Waals surface area contributed by atoms with Gasteiger partial charge in [0.2, 0.25) is 0 Å². The topological polar surface area (TPSA) is 77.8 Å². The third kappa shape index (κ3) is 5.15. The summed E-state index contributed by atoms with van der Waals surface area (Å²) in [7, 11) is 0. The van der Waals surface area contributed by atoms with Crippen LogP contribution in [0.2, 0.25) is 0 Å². The zero-order valence-electron chi connectivity index (χ0n) is 19.2. The number of allylic oxidation sites excluding steroid dienone is 5. The van der Waals surface area contributed by atoms with E-state index in [9.17, 15) is 20.1 Å². The molecule has 0 bridgehead atoms. The predicted molar refractivity (Wildman–Crippen MR) is 120 cm³/mol. The first-order valence-electron chi connectivity index (χ1n) is 11.7. The van der Waals surface area contributed by atoms with Gasteiger partial charge in [0.25, 0.3) is 0 Å². The van der Waals surface area contributed by atoms with Crippen LogP contribution in [0.5, 0.6) is 0 Å². The molecule has 168 valence electrons. The van der Waals surface area contributed by atoms with Crippen LogP contribution in [0.25, 0.3) is 0 Å². The maximum absolute atomic E-state index is 12.3. The van der Waals surface area contributed by atoms with Crippen LogP contribution in [-0.4, -0.2) is 38.9 Å². The van der Waals surface area contributed by atoms with Gasteiger partial charge in [-0.3, -0.25) is 4.79 Å². The van der Waals surface area contributed by atoms with Crippen LogP contribution in [0.15, 0.2) is 34.9 Å². The standard InChI is InChI=1S/C26H40O4/c1-17(7-5-13-25(2,3)30)21-11-12-22-18(8-6-14-26(21,22)4)9-10-19-15-20(27)16-23(28)24(19)29/h9-11,17,20,22-23,27-28,30H,5-8,12-16H2,1-4H3/b18-9-,19-10+. The van der Waals surface area contributed by atoms with Gasteiger partial charge in [-0.1, -0.05) is 49.6 Å². The number of rotatable bonds is 6. The molecule has 0 aromatic carbocycles. The molecule has 3 aliphatic carbocycles. The van der Waals surface area contributed by atoms with Gasteiger partial charge in [0.15, 0.2) is 5.78 Å². The van der Waals surface area contributed by atoms with Gasteiger partial charge in [-0.2, -0.15) is 0 Å². The van der Waals surface area contributed by atoms with Gasteiger partial charge < -0.3 is 15.3 Å². The van der Waals surface area contributed by atoms with E-state index in [2.05, 4.69) is 26.0 Å². The van der Waals surface area contributed by atoms with Gasteiger partial charge in [0.1, 0.15) is 6.10 Å². The van der Waals surface area contributed by atoms with E-state index < -0.39 is 17.8 Å². The zero-order valence-corrected chi connectivity index (χ0v) is 19.2. The first-order chi connectivity index (χ1) is 14.0. The molecule has 5 unspecified atom stereocenters. The summed E-state index contributed by atoms with van der Waals surface area (Å²) in [4.78, 5) is 12.3. The summed E-state index contributed by atoms with van der Waals surface area (Å²) in [6.07, 6.45) is 12.6. The van der Waals surface area contributed by atoms with Crippen LogP contribution in [0.4, 0.5) is 0 Å². The predicted octanol–water partition coefficient (Wildman–Crippen LogP) is 4.64. The Morgan fingerprint density at radius 3 is 2.73 bits per heavy atom. The second-order valence-corrected chi connectivity index (χ2v) is 10.7. The first kappa shape index (κ1) is 23.4. The minimum atomic E-state index is -1.07. The van der Waals surface area contributed by atoms with E-state index in [0.29, 0.717) is 23.8 Å². The largest absolute Gasteiger partial charge is 0.393 e. The molecule has 2 fully saturated rings. The molecular formula is C26H40O4. The molecule has 4 nitrogen and oxygen atoms in total. The fourth-order valence-electron chi connectivity index (χ4n) is 5.99. The molecule has 4 heteroatoms. The number of aliphatic hydroxyl groups is 3. The zero-order chi connectivity index (χ0) is 22.1. The van der Waals surface area contributed by atoms with Crippen LogP contribution in [-0.2, 0) is 4.79 Å². The Labute approximate surface area is 181 Å². The first-order valence-corrected chi connectivity index (χ1v) is 11.7. The minimum Gasteiger partial charge on any atom is -0.393 e. The van der Waals surface area contributed by atoms with Gasteiger partial charge in [-0.15, -0.1) is 0 Å². The molecule has 3 aliphatic rings. The summed E-state index contributed by atoms with van der Waals surface area (Å²) >= 11 is 0. The van der Waals surface area contributed by atoms with Crippen molar-refractivity contribution >= 4 is 5.78 Å². The molecule has 0 aromatic rings. The number of aliphatic hydroxyl groups excluding tert-OH is 2. The van der Waals surface area contributed by atoms with Crippen molar-refractivity contribution in [1.29, 1.82) is 0 Å². The van der Waals surface area contributed by atoms with Crippen molar-refractivity contribution in [2.75, 3.05) is 0 Å². The lowest BCUT2D eigenvalue weighted by molar-refractivity contribution is -0.127. The fraction of sp³-hybridized carbons (Fsp3) is 0.731. The molecule has 2 saturated carbocycles. The molecule has 0 aromatic heterocycles. The second-order valence-electron chi connectivity index (χ2n) is 10.7. The van der Waals surface area contributed by atoms with Crippen LogP contribution < -0.4 is 0 Å². The Bertz CT molecular complexity index is 739. The quantitative estimate of drug-likeness (QED) is 0.435. The molecule has 0 amide bonds. The Balaban J connectivity index is 1.71. The Morgan fingerprint density at radius 2 is 2.03 bits per heavy atom. The van der Waals surface area contributed by atoms with Crippen molar-refractivity contribution in [3.63, 3.8) is 0 Å². The van der Waals surface area contributed by atoms with Gasteiger partial charge in [-0.05, 0) is 69.6 Å². The number of ketones is 1. The number of fused-ring (bicyclic) bond motifs is 1. The van der Waals surface area contributed by atoms with E-state index in [-0.39, 0.29) is 17.6 Å². The summed E-state index contributed by atoms with van der Waals surface area (Å²) in [6.45, 7) is 8.49. The van der Waals surface area contributed by atoms with Gasteiger partial charge in [-0.25, -0.2) is 0 Å². The Morgan fingerprint density at radius 1 is 1.30 bits per heavy atom. The van der Waals surface area contributed by atoms with Crippen molar-refractivity contribution in [3.05, 3.63) is 34.9 Å². The molecule has 0 heterocycles. The maximum atomic E-state index is 12.3. The molecule has 3 rings (SSSR count). The summed E-state index contributed by atoms with van der Waals surface area (Å²) in [6, 6.07) is 0. The minimum absolute atomic E-state index is 0.145. The number of carbonyl (C=O) groups is 1. The lowest BCUT2D eigenvalue weighted by atomic mass is 9.62. The van der Waals surface area contributed by atoms with Gasteiger partial charge >= 0.3 is 0 Å². The van der Waals surface area contributed by atoms with E-state index >= 15 is 0 Å². The summed E-state index contributed by atoms with van der Waals surface area (Å²) in [5, 5.41) is 29.8.